The molecule has 108 valence electrons. The monoisotopic (exact) mass is 348 g/mol. The molecule has 1 heterocycles. The van der Waals surface area contributed by atoms with Gasteiger partial charge in [0.25, 0.3) is 0 Å². The summed E-state index contributed by atoms with van der Waals surface area (Å²) in [6.45, 7) is 2.61. The van der Waals surface area contributed by atoms with Gasteiger partial charge in [-0.15, -0.1) is 0 Å². The van der Waals surface area contributed by atoms with Crippen molar-refractivity contribution in [1.82, 2.24) is 15.0 Å². The minimum absolute atomic E-state index is 0.194. The second-order valence-electron chi connectivity index (χ2n) is 3.93. The summed E-state index contributed by atoms with van der Waals surface area (Å²) in [5.41, 5.74) is 1.09. The van der Waals surface area contributed by atoms with Crippen molar-refractivity contribution in [3.05, 3.63) is 28.2 Å². The molecule has 0 spiro atoms. The van der Waals surface area contributed by atoms with Crippen molar-refractivity contribution in [1.29, 1.82) is 5.26 Å². The summed E-state index contributed by atoms with van der Waals surface area (Å²) in [5.74, 6) is 0.707. The Morgan fingerprint density at radius 3 is 2.71 bits per heavy atom. The maximum absolute atomic E-state index is 9.16. The van der Waals surface area contributed by atoms with E-state index in [1.807, 2.05) is 13.0 Å². The van der Waals surface area contributed by atoms with E-state index in [0.29, 0.717) is 29.7 Å². The van der Waals surface area contributed by atoms with Gasteiger partial charge in [-0.3, -0.25) is 0 Å². The molecule has 0 unspecified atom stereocenters. The number of hydrogen-bond donors (Lipinski definition) is 2. The predicted molar refractivity (Wildman–Crippen MR) is 82.7 cm³/mol. The zero-order chi connectivity index (χ0) is 15.2. The van der Waals surface area contributed by atoms with E-state index in [-0.39, 0.29) is 6.01 Å². The van der Waals surface area contributed by atoms with E-state index >= 15 is 0 Å². The fourth-order valence-electron chi connectivity index (χ4n) is 1.58. The van der Waals surface area contributed by atoms with Gasteiger partial charge in [-0.2, -0.15) is 20.2 Å². The van der Waals surface area contributed by atoms with Crippen LogP contribution in [0.3, 0.4) is 0 Å². The molecular formula is C13H13BrN6O. The number of nitrogens with one attached hydrogen (secondary N) is 2. The van der Waals surface area contributed by atoms with Crippen molar-refractivity contribution in [3.63, 3.8) is 0 Å². The zero-order valence-electron chi connectivity index (χ0n) is 11.5. The second kappa shape index (κ2) is 6.85. The quantitative estimate of drug-likeness (QED) is 0.857. The number of anilines is 3. The molecule has 1 aromatic carbocycles. The largest absolute Gasteiger partial charge is 0.467 e. The van der Waals surface area contributed by atoms with Gasteiger partial charge in [0, 0.05) is 11.0 Å². The first-order valence-corrected chi connectivity index (χ1v) is 6.96. The average Bonchev–Trinajstić information content (AvgIpc) is 2.49. The molecular weight excluding hydrogens is 336 g/mol. The molecule has 2 rings (SSSR count). The van der Waals surface area contributed by atoms with Crippen LogP contribution in [-0.4, -0.2) is 28.6 Å². The van der Waals surface area contributed by atoms with Gasteiger partial charge in [-0.05, 0) is 25.1 Å². The Morgan fingerprint density at radius 2 is 2.05 bits per heavy atom. The van der Waals surface area contributed by atoms with Crippen LogP contribution in [0.4, 0.5) is 17.6 Å². The molecule has 7 nitrogen and oxygen atoms in total. The molecule has 0 saturated heterocycles. The molecule has 8 heteroatoms. The molecule has 2 aromatic rings. The number of hydrogen-bond acceptors (Lipinski definition) is 7. The first kappa shape index (κ1) is 15.0. The number of nitriles is 1. The van der Waals surface area contributed by atoms with E-state index in [0.717, 1.165) is 4.47 Å². The molecule has 0 bridgehead atoms. The van der Waals surface area contributed by atoms with Crippen LogP contribution in [0.2, 0.25) is 0 Å². The standard InChI is InChI=1S/C13H13BrN6O/c1-3-16-11-18-12(20-13(19-11)21-2)17-10-5-4-9(14)6-8(10)7-15/h4-6H,3H2,1-2H3,(H2,16,17,18,19,20). The molecule has 0 atom stereocenters. The van der Waals surface area contributed by atoms with Crippen molar-refractivity contribution in [2.45, 2.75) is 6.92 Å². The summed E-state index contributed by atoms with van der Waals surface area (Å²) in [5, 5.41) is 15.1. The maximum Gasteiger partial charge on any atom is 0.322 e. The Morgan fingerprint density at radius 1 is 1.29 bits per heavy atom. The smallest absolute Gasteiger partial charge is 0.322 e. The number of benzene rings is 1. The van der Waals surface area contributed by atoms with E-state index in [1.165, 1.54) is 7.11 Å². The molecule has 1 aromatic heterocycles. The zero-order valence-corrected chi connectivity index (χ0v) is 13.1. The third-order valence-corrected chi connectivity index (χ3v) is 2.97. The number of halogens is 1. The van der Waals surface area contributed by atoms with E-state index < -0.39 is 0 Å². The van der Waals surface area contributed by atoms with Gasteiger partial charge in [0.1, 0.15) is 6.07 Å². The van der Waals surface area contributed by atoms with Crippen molar-refractivity contribution in [3.8, 4) is 12.1 Å². The molecule has 2 N–H and O–H groups in total. The van der Waals surface area contributed by atoms with Gasteiger partial charge in [0.2, 0.25) is 11.9 Å². The highest BCUT2D eigenvalue weighted by atomic mass is 79.9. The lowest BCUT2D eigenvalue weighted by molar-refractivity contribution is 0.379. The number of ether oxygens (including phenoxy) is 1. The van der Waals surface area contributed by atoms with Gasteiger partial charge >= 0.3 is 6.01 Å². The number of methoxy groups -OCH3 is 1. The van der Waals surface area contributed by atoms with Gasteiger partial charge in [-0.25, -0.2) is 0 Å². The van der Waals surface area contributed by atoms with E-state index in [4.69, 9.17) is 10.00 Å². The molecule has 0 fully saturated rings. The highest BCUT2D eigenvalue weighted by molar-refractivity contribution is 9.10. The van der Waals surface area contributed by atoms with Crippen LogP contribution in [0.1, 0.15) is 12.5 Å². The lowest BCUT2D eigenvalue weighted by atomic mass is 10.2. The number of aromatic nitrogens is 3. The predicted octanol–water partition coefficient (Wildman–Crippen LogP) is 2.69. The molecule has 0 radical (unpaired) electrons. The lowest BCUT2D eigenvalue weighted by Crippen LogP contribution is -2.08. The second-order valence-corrected chi connectivity index (χ2v) is 4.84. The van der Waals surface area contributed by atoms with E-state index in [1.54, 1.807) is 12.1 Å². The van der Waals surface area contributed by atoms with Crippen LogP contribution in [-0.2, 0) is 0 Å². The minimum atomic E-state index is 0.194. The Bertz CT molecular complexity index is 685. The number of rotatable bonds is 5. The van der Waals surface area contributed by atoms with Crippen molar-refractivity contribution in [2.75, 3.05) is 24.3 Å². The molecule has 0 amide bonds. The Kier molecular flexibility index (Phi) is 4.90. The van der Waals surface area contributed by atoms with Crippen LogP contribution in [0.15, 0.2) is 22.7 Å². The van der Waals surface area contributed by atoms with E-state index in [2.05, 4.69) is 47.6 Å². The third kappa shape index (κ3) is 3.79. The summed E-state index contributed by atoms with van der Waals surface area (Å²) in [4.78, 5) is 12.4. The number of nitrogens with zero attached hydrogens (tertiary/aromatic N) is 4. The van der Waals surface area contributed by atoms with Gasteiger partial charge in [0.05, 0.1) is 18.4 Å². The molecule has 21 heavy (non-hydrogen) atoms. The maximum atomic E-state index is 9.16. The normalized spacial score (nSPS) is 9.81. The van der Waals surface area contributed by atoms with Crippen LogP contribution in [0, 0.1) is 11.3 Å². The summed E-state index contributed by atoms with van der Waals surface area (Å²) in [6, 6.07) is 7.62. The molecule has 0 aliphatic rings. The van der Waals surface area contributed by atoms with Crippen LogP contribution in [0.5, 0.6) is 6.01 Å². The average molecular weight is 349 g/mol. The molecule has 0 aliphatic heterocycles. The van der Waals surface area contributed by atoms with Crippen LogP contribution < -0.4 is 15.4 Å². The highest BCUT2D eigenvalue weighted by Gasteiger charge is 2.09. The lowest BCUT2D eigenvalue weighted by Gasteiger charge is -2.09. The Hall–Kier alpha value is -2.40. The third-order valence-electron chi connectivity index (χ3n) is 2.48. The molecule has 0 saturated carbocycles. The first-order chi connectivity index (χ1) is 10.2. The van der Waals surface area contributed by atoms with Crippen LogP contribution in [0.25, 0.3) is 0 Å². The fourth-order valence-corrected chi connectivity index (χ4v) is 1.94. The SMILES string of the molecule is CCNc1nc(Nc2ccc(Br)cc2C#N)nc(OC)n1. The van der Waals surface area contributed by atoms with Gasteiger partial charge in [0.15, 0.2) is 0 Å². The van der Waals surface area contributed by atoms with Gasteiger partial charge in [-0.1, -0.05) is 15.9 Å². The van der Waals surface area contributed by atoms with Crippen LogP contribution >= 0.6 is 15.9 Å². The fraction of sp³-hybridized carbons (Fsp3) is 0.231. The Balaban J connectivity index is 2.35. The summed E-state index contributed by atoms with van der Waals surface area (Å²) in [7, 11) is 1.48. The Labute approximate surface area is 130 Å². The highest BCUT2D eigenvalue weighted by Crippen LogP contribution is 2.23. The summed E-state index contributed by atoms with van der Waals surface area (Å²) >= 11 is 3.33. The molecule has 0 aliphatic carbocycles. The van der Waals surface area contributed by atoms with Crippen molar-refractivity contribution < 1.29 is 4.74 Å². The van der Waals surface area contributed by atoms with Crippen molar-refractivity contribution in [2.24, 2.45) is 0 Å². The first-order valence-electron chi connectivity index (χ1n) is 6.17. The van der Waals surface area contributed by atoms with E-state index in [9.17, 15) is 0 Å². The van der Waals surface area contributed by atoms with Gasteiger partial charge < -0.3 is 15.4 Å². The summed E-state index contributed by atoms with van der Waals surface area (Å²) in [6.07, 6.45) is 0. The summed E-state index contributed by atoms with van der Waals surface area (Å²) < 4.78 is 5.87. The topological polar surface area (TPSA) is 95.8 Å². The minimum Gasteiger partial charge on any atom is -0.467 e. The van der Waals surface area contributed by atoms with Crippen molar-refractivity contribution >= 4 is 33.5 Å².